The molecular formula is C17H19N5OS. The number of aryl methyl sites for hydroxylation is 1. The zero-order valence-corrected chi connectivity index (χ0v) is 14.7. The lowest BCUT2D eigenvalue weighted by Gasteiger charge is -2.14. The first-order chi connectivity index (χ1) is 11.7. The van der Waals surface area contributed by atoms with Gasteiger partial charge in [0.15, 0.2) is 0 Å². The molecule has 0 bridgehead atoms. The fourth-order valence-corrected chi connectivity index (χ4v) is 3.21. The second-order valence-corrected chi connectivity index (χ2v) is 6.75. The normalized spacial score (nSPS) is 12.1. The van der Waals surface area contributed by atoms with Gasteiger partial charge < -0.3 is 10.1 Å². The van der Waals surface area contributed by atoms with Gasteiger partial charge in [-0.2, -0.15) is 0 Å². The van der Waals surface area contributed by atoms with Crippen LogP contribution in [-0.2, 0) is 4.74 Å². The van der Waals surface area contributed by atoms with E-state index in [1.54, 1.807) is 43.2 Å². The van der Waals surface area contributed by atoms with Crippen LogP contribution in [0.25, 0.3) is 21.8 Å². The van der Waals surface area contributed by atoms with Gasteiger partial charge in [-0.25, -0.2) is 9.97 Å². The molecule has 3 aromatic heterocycles. The molecule has 0 aliphatic carbocycles. The number of rotatable bonds is 6. The molecule has 3 heterocycles. The number of anilines is 1. The Labute approximate surface area is 145 Å². The van der Waals surface area contributed by atoms with Crippen molar-refractivity contribution in [3.05, 3.63) is 41.8 Å². The minimum Gasteiger partial charge on any atom is -0.383 e. The Balaban J connectivity index is 2.03. The van der Waals surface area contributed by atoms with E-state index in [1.807, 2.05) is 6.92 Å². The van der Waals surface area contributed by atoms with Gasteiger partial charge in [0.05, 0.1) is 29.1 Å². The third-order valence-electron chi connectivity index (χ3n) is 3.39. The average molecular weight is 341 g/mol. The largest absolute Gasteiger partial charge is 0.383 e. The Kier molecular flexibility index (Phi) is 5.12. The summed E-state index contributed by atoms with van der Waals surface area (Å²) in [6, 6.07) is 4.28. The van der Waals surface area contributed by atoms with E-state index in [2.05, 4.69) is 39.3 Å². The first-order valence-corrected chi connectivity index (χ1v) is 8.44. The minimum absolute atomic E-state index is 0.121. The minimum atomic E-state index is 0.121. The highest BCUT2D eigenvalue weighted by Crippen LogP contribution is 2.33. The maximum Gasteiger partial charge on any atom is 0.223 e. The highest BCUT2D eigenvalue weighted by atomic mass is 32.1. The molecule has 0 radical (unpaired) electrons. The molecule has 0 aliphatic heterocycles. The summed E-state index contributed by atoms with van der Waals surface area (Å²) in [6.45, 7) is 4.69. The van der Waals surface area contributed by atoms with Gasteiger partial charge in [0.2, 0.25) is 5.95 Å². The number of ether oxygens (including phenoxy) is 1. The van der Waals surface area contributed by atoms with Gasteiger partial charge in [0.25, 0.3) is 0 Å². The summed E-state index contributed by atoms with van der Waals surface area (Å²) in [5, 5.41) is 3.26. The number of nitrogens with zero attached hydrogens (tertiary/aromatic N) is 4. The number of thiophene rings is 1. The molecule has 3 rings (SSSR count). The van der Waals surface area contributed by atoms with Gasteiger partial charge in [-0.1, -0.05) is 0 Å². The Bertz CT molecular complexity index is 806. The predicted octanol–water partition coefficient (Wildman–Crippen LogP) is 3.42. The van der Waals surface area contributed by atoms with E-state index in [0.717, 1.165) is 21.8 Å². The van der Waals surface area contributed by atoms with E-state index in [9.17, 15) is 0 Å². The van der Waals surface area contributed by atoms with E-state index in [1.165, 1.54) is 4.88 Å². The molecule has 6 nitrogen and oxygen atoms in total. The standard InChI is InChI=1S/C17H19N5OS/c1-11(10-23-3)21-17-20-8-13(14-9-18-6-7-19-14)16(22-17)15-5-4-12(2)24-15/h4-9,11H,10H2,1-3H3,(H,20,21,22). The number of nitrogens with one attached hydrogen (secondary N) is 1. The summed E-state index contributed by atoms with van der Waals surface area (Å²) in [5.41, 5.74) is 2.49. The second-order valence-electron chi connectivity index (χ2n) is 5.46. The molecule has 7 heteroatoms. The molecule has 124 valence electrons. The smallest absolute Gasteiger partial charge is 0.223 e. The number of aromatic nitrogens is 4. The van der Waals surface area contributed by atoms with Gasteiger partial charge in [-0.05, 0) is 26.0 Å². The molecule has 24 heavy (non-hydrogen) atoms. The van der Waals surface area contributed by atoms with Crippen molar-refractivity contribution < 1.29 is 4.74 Å². The van der Waals surface area contributed by atoms with Crippen molar-refractivity contribution in [2.45, 2.75) is 19.9 Å². The molecule has 3 aromatic rings. The fraction of sp³-hybridized carbons (Fsp3) is 0.294. The van der Waals surface area contributed by atoms with Crippen molar-refractivity contribution >= 4 is 17.3 Å². The van der Waals surface area contributed by atoms with Crippen molar-refractivity contribution in [3.8, 4) is 21.8 Å². The highest BCUT2D eigenvalue weighted by molar-refractivity contribution is 7.15. The quantitative estimate of drug-likeness (QED) is 0.740. The summed E-state index contributed by atoms with van der Waals surface area (Å²) >= 11 is 1.70. The van der Waals surface area contributed by atoms with E-state index in [4.69, 9.17) is 9.72 Å². The summed E-state index contributed by atoms with van der Waals surface area (Å²) in [5.74, 6) is 0.577. The van der Waals surface area contributed by atoms with Crippen LogP contribution in [0.4, 0.5) is 5.95 Å². The molecule has 0 amide bonds. The maximum absolute atomic E-state index is 5.15. The Morgan fingerprint density at radius 2 is 2.08 bits per heavy atom. The predicted molar refractivity (Wildman–Crippen MR) is 96.1 cm³/mol. The van der Waals surface area contributed by atoms with Gasteiger partial charge >= 0.3 is 0 Å². The van der Waals surface area contributed by atoms with Crippen LogP contribution in [0.3, 0.4) is 0 Å². The molecule has 0 saturated carbocycles. The Morgan fingerprint density at radius 1 is 1.21 bits per heavy atom. The zero-order chi connectivity index (χ0) is 16.9. The Hall–Kier alpha value is -2.38. The van der Waals surface area contributed by atoms with Crippen molar-refractivity contribution in [1.29, 1.82) is 0 Å². The van der Waals surface area contributed by atoms with Crippen molar-refractivity contribution in [3.63, 3.8) is 0 Å². The maximum atomic E-state index is 5.15. The van der Waals surface area contributed by atoms with Crippen molar-refractivity contribution in [1.82, 2.24) is 19.9 Å². The number of hydrogen-bond donors (Lipinski definition) is 1. The summed E-state index contributed by atoms with van der Waals surface area (Å²) in [4.78, 5) is 20.0. The van der Waals surface area contributed by atoms with Crippen LogP contribution in [0.5, 0.6) is 0 Å². The van der Waals surface area contributed by atoms with Crippen LogP contribution in [0.2, 0.25) is 0 Å². The number of hydrogen-bond acceptors (Lipinski definition) is 7. The van der Waals surface area contributed by atoms with Gasteiger partial charge in [0.1, 0.15) is 0 Å². The van der Waals surface area contributed by atoms with Gasteiger partial charge in [-0.15, -0.1) is 11.3 Å². The molecule has 1 atom stereocenters. The topological polar surface area (TPSA) is 72.8 Å². The molecule has 0 aliphatic rings. The lowest BCUT2D eigenvalue weighted by atomic mass is 10.1. The van der Waals surface area contributed by atoms with Gasteiger partial charge in [0, 0.05) is 42.2 Å². The third kappa shape index (κ3) is 3.74. The van der Waals surface area contributed by atoms with E-state index < -0.39 is 0 Å². The van der Waals surface area contributed by atoms with Crippen LogP contribution in [0.15, 0.2) is 36.9 Å². The van der Waals surface area contributed by atoms with E-state index >= 15 is 0 Å². The second kappa shape index (κ2) is 7.46. The van der Waals surface area contributed by atoms with Crippen molar-refractivity contribution in [2.75, 3.05) is 19.0 Å². The zero-order valence-electron chi connectivity index (χ0n) is 13.9. The summed E-state index contributed by atoms with van der Waals surface area (Å²) in [7, 11) is 1.68. The summed E-state index contributed by atoms with van der Waals surface area (Å²) < 4.78 is 5.15. The van der Waals surface area contributed by atoms with Gasteiger partial charge in [-0.3, -0.25) is 9.97 Å². The molecule has 1 N–H and O–H groups in total. The molecular weight excluding hydrogens is 322 g/mol. The van der Waals surface area contributed by atoms with Crippen molar-refractivity contribution in [2.24, 2.45) is 0 Å². The van der Waals surface area contributed by atoms with Crippen LogP contribution in [0, 0.1) is 6.92 Å². The lowest BCUT2D eigenvalue weighted by molar-refractivity contribution is 0.190. The summed E-state index contributed by atoms with van der Waals surface area (Å²) in [6.07, 6.45) is 6.85. The fourth-order valence-electron chi connectivity index (χ4n) is 2.34. The van der Waals surface area contributed by atoms with Crippen LogP contribution < -0.4 is 5.32 Å². The molecule has 0 fully saturated rings. The highest BCUT2D eigenvalue weighted by Gasteiger charge is 2.15. The van der Waals surface area contributed by atoms with Crippen LogP contribution in [0.1, 0.15) is 11.8 Å². The van der Waals surface area contributed by atoms with Crippen LogP contribution in [-0.4, -0.2) is 39.7 Å². The average Bonchev–Trinajstić information content (AvgIpc) is 3.02. The Morgan fingerprint density at radius 3 is 2.75 bits per heavy atom. The van der Waals surface area contributed by atoms with Crippen LogP contribution >= 0.6 is 11.3 Å². The molecule has 1 unspecified atom stereocenters. The first-order valence-electron chi connectivity index (χ1n) is 7.63. The first kappa shape index (κ1) is 16.5. The molecule has 0 aromatic carbocycles. The lowest BCUT2D eigenvalue weighted by Crippen LogP contribution is -2.22. The number of methoxy groups -OCH3 is 1. The molecule has 0 saturated heterocycles. The van der Waals surface area contributed by atoms with E-state index in [0.29, 0.717) is 12.6 Å². The molecule has 0 spiro atoms. The van der Waals surface area contributed by atoms with E-state index in [-0.39, 0.29) is 6.04 Å². The SMILES string of the molecule is COCC(C)Nc1ncc(-c2cnccn2)c(-c2ccc(C)s2)n1. The third-order valence-corrected chi connectivity index (χ3v) is 4.40. The monoisotopic (exact) mass is 341 g/mol.